The lowest BCUT2D eigenvalue weighted by atomic mass is 10.1. The number of carbonyl (C=O) groups is 1. The molecule has 0 bridgehead atoms. The van der Waals surface area contributed by atoms with Crippen molar-refractivity contribution in [2.75, 3.05) is 13.7 Å². The van der Waals surface area contributed by atoms with Crippen LogP contribution in [-0.2, 0) is 17.8 Å². The summed E-state index contributed by atoms with van der Waals surface area (Å²) in [6.07, 6.45) is 1.58. The van der Waals surface area contributed by atoms with Crippen molar-refractivity contribution < 1.29 is 14.6 Å². The van der Waals surface area contributed by atoms with Crippen LogP contribution in [-0.4, -0.2) is 24.7 Å². The normalized spacial score (nSPS) is 12.2. The largest absolute Gasteiger partial charge is 0.496 e. The Labute approximate surface area is 114 Å². The molecule has 2 N–H and O–H groups in total. The average molecular weight is 265 g/mol. The molecule has 106 valence electrons. The van der Waals surface area contributed by atoms with E-state index in [4.69, 9.17) is 9.84 Å². The van der Waals surface area contributed by atoms with E-state index in [9.17, 15) is 4.79 Å². The molecule has 19 heavy (non-hydrogen) atoms. The number of carboxylic acid groups (broad SMARTS) is 1. The van der Waals surface area contributed by atoms with Crippen LogP contribution in [0.1, 0.15) is 31.4 Å². The molecule has 0 saturated heterocycles. The van der Waals surface area contributed by atoms with Crippen LogP contribution in [0.5, 0.6) is 5.75 Å². The first kappa shape index (κ1) is 15.5. The van der Waals surface area contributed by atoms with Crippen molar-refractivity contribution in [3.63, 3.8) is 0 Å². The molecular weight excluding hydrogens is 242 g/mol. The highest BCUT2D eigenvalue weighted by Crippen LogP contribution is 2.20. The molecule has 0 amide bonds. The maximum atomic E-state index is 10.7. The van der Waals surface area contributed by atoms with E-state index in [1.54, 1.807) is 14.0 Å². The first-order valence-corrected chi connectivity index (χ1v) is 6.67. The number of ether oxygens (including phenoxy) is 1. The summed E-state index contributed by atoms with van der Waals surface area (Å²) in [6.45, 7) is 5.29. The van der Waals surface area contributed by atoms with Gasteiger partial charge in [0, 0.05) is 6.54 Å². The van der Waals surface area contributed by atoms with E-state index in [2.05, 4.69) is 18.3 Å². The van der Waals surface area contributed by atoms with E-state index in [0.29, 0.717) is 13.0 Å². The predicted octanol–water partition coefficient (Wildman–Crippen LogP) is 2.46. The van der Waals surface area contributed by atoms with Crippen LogP contribution in [0.25, 0.3) is 0 Å². The number of carboxylic acids is 1. The second kappa shape index (κ2) is 7.79. The second-order valence-electron chi connectivity index (χ2n) is 4.70. The van der Waals surface area contributed by atoms with Crippen molar-refractivity contribution >= 4 is 5.97 Å². The molecule has 1 aromatic rings. The zero-order chi connectivity index (χ0) is 14.3. The molecule has 4 heteroatoms. The topological polar surface area (TPSA) is 58.6 Å². The molecule has 0 aliphatic rings. The number of benzene rings is 1. The highest BCUT2D eigenvalue weighted by atomic mass is 16.5. The van der Waals surface area contributed by atoms with Crippen molar-refractivity contribution in [3.05, 3.63) is 29.3 Å². The third-order valence-corrected chi connectivity index (χ3v) is 3.23. The van der Waals surface area contributed by atoms with Gasteiger partial charge >= 0.3 is 5.97 Å². The monoisotopic (exact) mass is 265 g/mol. The molecule has 1 aromatic carbocycles. The third kappa shape index (κ3) is 4.91. The Kier molecular flexibility index (Phi) is 6.36. The van der Waals surface area contributed by atoms with Gasteiger partial charge in [-0.25, -0.2) is 0 Å². The molecule has 0 aromatic heterocycles. The van der Waals surface area contributed by atoms with Crippen LogP contribution in [0.2, 0.25) is 0 Å². The van der Waals surface area contributed by atoms with Crippen molar-refractivity contribution in [2.45, 2.75) is 33.2 Å². The van der Waals surface area contributed by atoms with Crippen molar-refractivity contribution in [3.8, 4) is 5.75 Å². The molecular formula is C15H23NO3. The molecule has 0 saturated carbocycles. The smallest absolute Gasteiger partial charge is 0.306 e. The van der Waals surface area contributed by atoms with Gasteiger partial charge in [-0.1, -0.05) is 26.0 Å². The quantitative estimate of drug-likeness (QED) is 0.709. The van der Waals surface area contributed by atoms with E-state index in [1.165, 1.54) is 11.1 Å². The minimum absolute atomic E-state index is 0.297. The summed E-state index contributed by atoms with van der Waals surface area (Å²) in [4.78, 5) is 10.7. The number of hydrogen-bond acceptors (Lipinski definition) is 3. The van der Waals surface area contributed by atoms with Gasteiger partial charge in [-0.15, -0.1) is 0 Å². The van der Waals surface area contributed by atoms with E-state index in [-0.39, 0.29) is 5.92 Å². The Bertz CT molecular complexity index is 418. The average Bonchev–Trinajstić information content (AvgIpc) is 2.42. The zero-order valence-electron chi connectivity index (χ0n) is 11.9. The Morgan fingerprint density at radius 1 is 1.47 bits per heavy atom. The van der Waals surface area contributed by atoms with Crippen molar-refractivity contribution in [2.24, 2.45) is 5.92 Å². The fourth-order valence-electron chi connectivity index (χ4n) is 1.89. The summed E-state index contributed by atoms with van der Waals surface area (Å²) < 4.78 is 5.29. The molecule has 0 aliphatic carbocycles. The highest BCUT2D eigenvalue weighted by molar-refractivity contribution is 5.69. The van der Waals surface area contributed by atoms with Crippen LogP contribution in [0.15, 0.2) is 18.2 Å². The van der Waals surface area contributed by atoms with Gasteiger partial charge in [0.25, 0.3) is 0 Å². The first-order valence-electron chi connectivity index (χ1n) is 6.67. The molecule has 0 spiro atoms. The third-order valence-electron chi connectivity index (χ3n) is 3.23. The number of hydrogen-bond donors (Lipinski definition) is 2. The lowest BCUT2D eigenvalue weighted by Crippen LogP contribution is -2.20. The predicted molar refractivity (Wildman–Crippen MR) is 75.5 cm³/mol. The SMILES string of the molecule is CCc1cc(CNCCC(C)C(=O)O)ccc1OC. The lowest BCUT2D eigenvalue weighted by Gasteiger charge is -2.11. The zero-order valence-corrected chi connectivity index (χ0v) is 11.9. The number of aliphatic carboxylic acids is 1. The van der Waals surface area contributed by atoms with Gasteiger partial charge in [0.15, 0.2) is 0 Å². The molecule has 4 nitrogen and oxygen atoms in total. The number of methoxy groups -OCH3 is 1. The maximum Gasteiger partial charge on any atom is 0.306 e. The minimum atomic E-state index is -0.737. The van der Waals surface area contributed by atoms with Gasteiger partial charge < -0.3 is 15.2 Å². The second-order valence-corrected chi connectivity index (χ2v) is 4.70. The fourth-order valence-corrected chi connectivity index (χ4v) is 1.89. The molecule has 0 heterocycles. The molecule has 0 radical (unpaired) electrons. The summed E-state index contributed by atoms with van der Waals surface area (Å²) >= 11 is 0. The Balaban J connectivity index is 2.43. The summed E-state index contributed by atoms with van der Waals surface area (Å²) in [5.74, 6) is -0.111. The van der Waals surface area contributed by atoms with Crippen LogP contribution in [0, 0.1) is 5.92 Å². The van der Waals surface area contributed by atoms with Gasteiger partial charge in [-0.3, -0.25) is 4.79 Å². The molecule has 0 fully saturated rings. The first-order chi connectivity index (χ1) is 9.08. The Hall–Kier alpha value is -1.55. The van der Waals surface area contributed by atoms with Crippen molar-refractivity contribution in [1.82, 2.24) is 5.32 Å². The van der Waals surface area contributed by atoms with Crippen molar-refractivity contribution in [1.29, 1.82) is 0 Å². The Morgan fingerprint density at radius 2 is 2.21 bits per heavy atom. The van der Waals surface area contributed by atoms with Crippen LogP contribution in [0.4, 0.5) is 0 Å². The number of aryl methyl sites for hydroxylation is 1. The van der Waals surface area contributed by atoms with Gasteiger partial charge in [-0.05, 0) is 36.6 Å². The van der Waals surface area contributed by atoms with E-state index in [0.717, 1.165) is 18.7 Å². The number of nitrogens with one attached hydrogen (secondary N) is 1. The standard InChI is InChI=1S/C15H23NO3/c1-4-13-9-12(5-6-14(13)19-3)10-16-8-7-11(2)15(17)18/h5-6,9,11,16H,4,7-8,10H2,1-3H3,(H,17,18). The molecule has 1 rings (SSSR count). The van der Waals surface area contributed by atoms with Gasteiger partial charge in [-0.2, -0.15) is 0 Å². The maximum absolute atomic E-state index is 10.7. The minimum Gasteiger partial charge on any atom is -0.496 e. The van der Waals surface area contributed by atoms with Crippen LogP contribution >= 0.6 is 0 Å². The molecule has 1 atom stereocenters. The van der Waals surface area contributed by atoms with Gasteiger partial charge in [0.2, 0.25) is 0 Å². The lowest BCUT2D eigenvalue weighted by molar-refractivity contribution is -0.141. The van der Waals surface area contributed by atoms with Crippen LogP contribution in [0.3, 0.4) is 0 Å². The summed E-state index contributed by atoms with van der Waals surface area (Å²) in [7, 11) is 1.68. The summed E-state index contributed by atoms with van der Waals surface area (Å²) in [6, 6.07) is 6.15. The van der Waals surface area contributed by atoms with E-state index < -0.39 is 5.97 Å². The molecule has 0 aliphatic heterocycles. The van der Waals surface area contributed by atoms with E-state index >= 15 is 0 Å². The summed E-state index contributed by atoms with van der Waals surface area (Å²) in [5.41, 5.74) is 2.39. The fraction of sp³-hybridized carbons (Fsp3) is 0.533. The van der Waals surface area contributed by atoms with E-state index in [1.807, 2.05) is 12.1 Å². The van der Waals surface area contributed by atoms with Gasteiger partial charge in [0.1, 0.15) is 5.75 Å². The van der Waals surface area contributed by atoms with Gasteiger partial charge in [0.05, 0.1) is 13.0 Å². The van der Waals surface area contributed by atoms with Crippen LogP contribution < -0.4 is 10.1 Å². The number of rotatable bonds is 8. The molecule has 1 unspecified atom stereocenters. The Morgan fingerprint density at radius 3 is 2.79 bits per heavy atom. The highest BCUT2D eigenvalue weighted by Gasteiger charge is 2.09. The summed E-state index contributed by atoms with van der Waals surface area (Å²) in [5, 5.41) is 12.1.